The number of ether oxygens (including phenoxy) is 3. The third kappa shape index (κ3) is 11.2. The lowest BCUT2D eigenvalue weighted by Crippen LogP contribution is -2.51. The normalized spacial score (nSPS) is 35.3. The van der Waals surface area contributed by atoms with Crippen LogP contribution >= 0.6 is 0 Å². The van der Waals surface area contributed by atoms with Crippen LogP contribution in [0.1, 0.15) is 212 Å². The number of unbranched alkanes of at least 4 members (excludes halogenated alkanes) is 2. The zero-order valence-electron chi connectivity index (χ0n) is 39.4. The lowest BCUT2D eigenvalue weighted by atomic mass is 9.47. The third-order valence-corrected chi connectivity index (χ3v) is 18.2. The summed E-state index contributed by atoms with van der Waals surface area (Å²) < 4.78 is 17.5. The zero-order chi connectivity index (χ0) is 43.1. The molecule has 0 bridgehead atoms. The van der Waals surface area contributed by atoms with Crippen LogP contribution in [0.2, 0.25) is 0 Å². The van der Waals surface area contributed by atoms with Gasteiger partial charge >= 0.3 is 17.9 Å². The van der Waals surface area contributed by atoms with Crippen molar-refractivity contribution in [1.82, 2.24) is 0 Å². The second kappa shape index (κ2) is 20.9. The molecule has 7 rings (SSSR count). The first-order chi connectivity index (χ1) is 29.4. The fraction of sp³-hybridized carbons (Fsp3) is 0.800. The van der Waals surface area contributed by atoms with E-state index < -0.39 is 5.97 Å². The summed E-state index contributed by atoms with van der Waals surface area (Å²) in [6.07, 6.45) is 31.2. The minimum absolute atomic E-state index is 0.000633. The van der Waals surface area contributed by atoms with Crippen LogP contribution in [0.3, 0.4) is 0 Å². The molecule has 6 nitrogen and oxygen atoms in total. The number of benzene rings is 1. The Morgan fingerprint density at radius 1 is 0.705 bits per heavy atom. The first kappa shape index (κ1) is 46.4. The molecule has 1 aromatic carbocycles. The Morgan fingerprint density at radius 3 is 2.11 bits per heavy atom. The Bertz CT molecular complexity index is 1630. The monoisotopic (exact) mass is 841 g/mol. The van der Waals surface area contributed by atoms with Gasteiger partial charge < -0.3 is 14.2 Å². The topological polar surface area (TPSA) is 78.9 Å². The number of esters is 3. The van der Waals surface area contributed by atoms with E-state index in [1.807, 2.05) is 0 Å². The standard InChI is InChI=1S/C55H84O6/c1-7-8-9-13-39-14-16-40(17-15-39)41-18-23-45(24-19-41)61-53(58)42-20-25-44(26-21-42)59-51(56)30-31-52(57)60-46-32-34-54(5)43(36-46)22-27-47-49-29-28-48(38(4)12-10-11-37(2)3)55(49,6)35-33-50(47)54/h20-22,25-26,37-41,45-50H,7-19,23-24,27-36H2,1-6H3/t38?,39?,40?,41?,45?,46-,47?,48+,49?,50?,54-,55+/m0/s1. The molecule has 6 aliphatic carbocycles. The van der Waals surface area contributed by atoms with Crippen molar-refractivity contribution in [2.24, 2.45) is 64.1 Å². The number of carbonyl (C=O) groups is 3. The van der Waals surface area contributed by atoms with Gasteiger partial charge in [-0.15, -0.1) is 0 Å². The van der Waals surface area contributed by atoms with E-state index in [4.69, 9.17) is 14.2 Å². The van der Waals surface area contributed by atoms with E-state index in [1.165, 1.54) is 108 Å². The summed E-state index contributed by atoms with van der Waals surface area (Å²) in [5.41, 5.74) is 2.66. The van der Waals surface area contributed by atoms with Crippen LogP contribution in [0.25, 0.3) is 0 Å². The summed E-state index contributed by atoms with van der Waals surface area (Å²) >= 11 is 0. The van der Waals surface area contributed by atoms with Crippen LogP contribution < -0.4 is 4.74 Å². The van der Waals surface area contributed by atoms with Crippen molar-refractivity contribution in [3.8, 4) is 5.75 Å². The maximum Gasteiger partial charge on any atom is 0.338 e. The van der Waals surface area contributed by atoms with Gasteiger partial charge in [-0.05, 0) is 172 Å². The molecule has 0 aromatic heterocycles. The van der Waals surface area contributed by atoms with Gasteiger partial charge in [0.15, 0.2) is 0 Å². The van der Waals surface area contributed by atoms with E-state index in [-0.39, 0.29) is 42.4 Å². The first-order valence-corrected chi connectivity index (χ1v) is 25.8. The Balaban J connectivity index is 0.798. The quantitative estimate of drug-likeness (QED) is 0.0673. The molecule has 8 atom stereocenters. The van der Waals surface area contributed by atoms with Gasteiger partial charge in [-0.25, -0.2) is 4.79 Å². The van der Waals surface area contributed by atoms with Crippen LogP contribution in [0.5, 0.6) is 5.75 Å². The highest BCUT2D eigenvalue weighted by Crippen LogP contribution is 2.67. The van der Waals surface area contributed by atoms with Gasteiger partial charge in [-0.3, -0.25) is 9.59 Å². The summed E-state index contributed by atoms with van der Waals surface area (Å²) in [6.45, 7) is 14.7. The number of rotatable bonds is 17. The molecule has 0 saturated heterocycles. The van der Waals surface area contributed by atoms with E-state index in [2.05, 4.69) is 47.6 Å². The van der Waals surface area contributed by atoms with Gasteiger partial charge in [-0.2, -0.15) is 0 Å². The molecule has 6 heteroatoms. The van der Waals surface area contributed by atoms with Crippen molar-refractivity contribution in [3.05, 3.63) is 41.5 Å². The Kier molecular flexibility index (Phi) is 15.9. The lowest BCUT2D eigenvalue weighted by Gasteiger charge is -2.58. The smallest absolute Gasteiger partial charge is 0.338 e. The number of allylic oxidation sites excluding steroid dienone is 1. The van der Waals surface area contributed by atoms with Crippen LogP contribution in [0.4, 0.5) is 0 Å². The Morgan fingerprint density at radius 2 is 1.41 bits per heavy atom. The van der Waals surface area contributed by atoms with Gasteiger partial charge in [0.1, 0.15) is 18.0 Å². The van der Waals surface area contributed by atoms with Gasteiger partial charge in [0, 0.05) is 6.42 Å². The SMILES string of the molecule is CCCCCC1CCC(C2CCC(OC(=O)c3ccc(OC(=O)CCC(=O)O[C@H]4CC[C@@]5(C)C(=CCC6C5CC[C@@]5(C)C6CC[C@@H]5C(C)CCCC(C)C)C4)cc3)CC2)CC1. The van der Waals surface area contributed by atoms with Crippen LogP contribution in [0, 0.1) is 64.1 Å². The van der Waals surface area contributed by atoms with Crippen molar-refractivity contribution in [2.75, 3.05) is 0 Å². The molecule has 6 aliphatic rings. The molecular formula is C55H84O6. The second-order valence-electron chi connectivity index (χ2n) is 22.4. The van der Waals surface area contributed by atoms with Crippen molar-refractivity contribution >= 4 is 17.9 Å². The molecule has 0 radical (unpaired) electrons. The lowest BCUT2D eigenvalue weighted by molar-refractivity contribution is -0.153. The highest BCUT2D eigenvalue weighted by Gasteiger charge is 2.59. The molecule has 0 aliphatic heterocycles. The van der Waals surface area contributed by atoms with E-state index >= 15 is 0 Å². The predicted octanol–water partition coefficient (Wildman–Crippen LogP) is 14.4. The summed E-state index contributed by atoms with van der Waals surface area (Å²) in [4.78, 5) is 38.8. The molecule has 340 valence electrons. The molecule has 0 N–H and O–H groups in total. The van der Waals surface area contributed by atoms with Gasteiger partial charge in [0.05, 0.1) is 18.4 Å². The summed E-state index contributed by atoms with van der Waals surface area (Å²) in [7, 11) is 0. The maximum atomic E-state index is 13.0. The fourth-order valence-corrected chi connectivity index (χ4v) is 14.6. The van der Waals surface area contributed by atoms with Crippen LogP contribution in [-0.4, -0.2) is 30.1 Å². The highest BCUT2D eigenvalue weighted by atomic mass is 16.6. The minimum atomic E-state index is -0.477. The number of hydrogen-bond acceptors (Lipinski definition) is 6. The van der Waals surface area contributed by atoms with Gasteiger partial charge in [-0.1, -0.05) is 111 Å². The first-order valence-electron chi connectivity index (χ1n) is 25.8. The van der Waals surface area contributed by atoms with E-state index in [0.717, 1.165) is 98.2 Å². The summed E-state index contributed by atoms with van der Waals surface area (Å²) in [5, 5.41) is 0. The van der Waals surface area contributed by atoms with E-state index in [0.29, 0.717) is 16.7 Å². The fourth-order valence-electron chi connectivity index (χ4n) is 14.6. The summed E-state index contributed by atoms with van der Waals surface area (Å²) in [6, 6.07) is 6.60. The van der Waals surface area contributed by atoms with Crippen molar-refractivity contribution in [3.63, 3.8) is 0 Å². The van der Waals surface area contributed by atoms with E-state index in [1.54, 1.807) is 24.3 Å². The van der Waals surface area contributed by atoms with Crippen molar-refractivity contribution in [2.45, 2.75) is 214 Å². The molecule has 0 heterocycles. The largest absolute Gasteiger partial charge is 0.462 e. The van der Waals surface area contributed by atoms with Crippen molar-refractivity contribution < 1.29 is 28.6 Å². The van der Waals surface area contributed by atoms with Gasteiger partial charge in [0.2, 0.25) is 0 Å². The number of fused-ring (bicyclic) bond motifs is 5. The average molecular weight is 841 g/mol. The Labute approximate surface area is 370 Å². The Hall–Kier alpha value is -2.63. The van der Waals surface area contributed by atoms with Crippen LogP contribution in [0.15, 0.2) is 35.9 Å². The molecular weight excluding hydrogens is 757 g/mol. The molecule has 0 amide bonds. The van der Waals surface area contributed by atoms with Gasteiger partial charge in [0.25, 0.3) is 0 Å². The summed E-state index contributed by atoms with van der Waals surface area (Å²) in [5.74, 6) is 6.65. The maximum absolute atomic E-state index is 13.0. The minimum Gasteiger partial charge on any atom is -0.462 e. The number of carbonyl (C=O) groups excluding carboxylic acids is 3. The molecule has 61 heavy (non-hydrogen) atoms. The predicted molar refractivity (Wildman–Crippen MR) is 245 cm³/mol. The number of hydrogen-bond donors (Lipinski definition) is 0. The molecule has 0 spiro atoms. The highest BCUT2D eigenvalue weighted by molar-refractivity contribution is 5.89. The second-order valence-corrected chi connectivity index (χ2v) is 22.4. The zero-order valence-corrected chi connectivity index (χ0v) is 39.4. The molecule has 4 unspecified atom stereocenters. The molecule has 5 saturated carbocycles. The average Bonchev–Trinajstić information content (AvgIpc) is 3.61. The third-order valence-electron chi connectivity index (χ3n) is 18.2. The molecule has 5 fully saturated rings. The van der Waals surface area contributed by atoms with E-state index in [9.17, 15) is 14.4 Å². The van der Waals surface area contributed by atoms with Crippen molar-refractivity contribution in [1.29, 1.82) is 0 Å². The molecule has 1 aromatic rings. The van der Waals surface area contributed by atoms with Crippen LogP contribution in [-0.2, 0) is 19.1 Å².